The van der Waals surface area contributed by atoms with Crippen LogP contribution in [0.25, 0.3) is 0 Å². The van der Waals surface area contributed by atoms with E-state index in [0.29, 0.717) is 6.54 Å². The summed E-state index contributed by atoms with van der Waals surface area (Å²) in [4.78, 5) is 26.1. The first-order valence-corrected chi connectivity index (χ1v) is 9.13. The van der Waals surface area contributed by atoms with E-state index < -0.39 is 0 Å². The van der Waals surface area contributed by atoms with Gasteiger partial charge in [-0.05, 0) is 31.1 Å². The summed E-state index contributed by atoms with van der Waals surface area (Å²) in [6.07, 6.45) is 0. The Morgan fingerprint density at radius 3 is 2.46 bits per heavy atom. The number of nitrogens with zero attached hydrogens (tertiary/aromatic N) is 2. The lowest BCUT2D eigenvalue weighted by Gasteiger charge is -2.20. The number of hydrogen-bond donors (Lipinski definition) is 1. The molecule has 0 aliphatic carbocycles. The van der Waals surface area contributed by atoms with Crippen LogP contribution in [0.2, 0.25) is 0 Å². The lowest BCUT2D eigenvalue weighted by atomic mass is 10.1. The van der Waals surface area contributed by atoms with E-state index in [1.807, 2.05) is 25.1 Å². The van der Waals surface area contributed by atoms with Gasteiger partial charge in [-0.1, -0.05) is 49.4 Å². The minimum atomic E-state index is -0.142. The van der Waals surface area contributed by atoms with Crippen LogP contribution >= 0.6 is 11.3 Å². The van der Waals surface area contributed by atoms with Crippen molar-refractivity contribution in [3.63, 3.8) is 0 Å². The molecule has 0 fully saturated rings. The highest BCUT2D eigenvalue weighted by Gasteiger charge is 2.10. The maximum Gasteiger partial charge on any atom is 0.307 e. The fourth-order valence-electron chi connectivity index (χ4n) is 2.56. The van der Waals surface area contributed by atoms with Crippen molar-refractivity contribution in [1.82, 2.24) is 14.8 Å². The molecule has 1 amide bonds. The van der Waals surface area contributed by atoms with Gasteiger partial charge in [0.1, 0.15) is 6.54 Å². The number of aromatic nitrogens is 1. The topological polar surface area (TPSA) is 54.3 Å². The van der Waals surface area contributed by atoms with Gasteiger partial charge in [-0.2, -0.15) is 0 Å². The molecule has 1 heterocycles. The zero-order valence-electron chi connectivity index (χ0n) is 14.5. The second-order valence-corrected chi connectivity index (χ2v) is 6.56. The van der Waals surface area contributed by atoms with Crippen molar-refractivity contribution >= 4 is 17.2 Å². The van der Waals surface area contributed by atoms with E-state index in [1.54, 1.807) is 5.38 Å². The number of nitrogens with one attached hydrogen (secondary N) is 1. The van der Waals surface area contributed by atoms with Crippen molar-refractivity contribution in [2.45, 2.75) is 40.4 Å². The summed E-state index contributed by atoms with van der Waals surface area (Å²) >= 11 is 1.12. The van der Waals surface area contributed by atoms with Crippen molar-refractivity contribution in [1.29, 1.82) is 0 Å². The minimum Gasteiger partial charge on any atom is -0.350 e. The summed E-state index contributed by atoms with van der Waals surface area (Å²) in [5.74, 6) is -0.142. The summed E-state index contributed by atoms with van der Waals surface area (Å²) in [5.41, 5.74) is 3.17. The number of aryl methyl sites for hydroxylation is 1. The second kappa shape index (κ2) is 8.80. The van der Waals surface area contributed by atoms with Crippen molar-refractivity contribution in [3.8, 4) is 0 Å². The van der Waals surface area contributed by atoms with E-state index in [2.05, 4.69) is 30.1 Å². The minimum absolute atomic E-state index is 0.0758. The number of rotatable bonds is 8. The average Bonchev–Trinajstić information content (AvgIpc) is 2.90. The van der Waals surface area contributed by atoms with E-state index >= 15 is 0 Å². The standard InChI is InChI=1S/C18H25N3O2S/c1-4-20(5-2)11-16-9-7-6-8-15(16)10-19-17(22)12-21-14(3)13-24-18(21)23/h6-9,13H,4-5,10-12H2,1-3H3,(H,19,22). The van der Waals surface area contributed by atoms with Gasteiger partial charge in [-0.25, -0.2) is 0 Å². The molecule has 0 saturated heterocycles. The Balaban J connectivity index is 1.99. The number of amides is 1. The fourth-order valence-corrected chi connectivity index (χ4v) is 3.30. The lowest BCUT2D eigenvalue weighted by molar-refractivity contribution is -0.121. The molecule has 0 saturated carbocycles. The van der Waals surface area contributed by atoms with Crippen LogP contribution in [0.3, 0.4) is 0 Å². The Labute approximate surface area is 146 Å². The highest BCUT2D eigenvalue weighted by atomic mass is 32.1. The quantitative estimate of drug-likeness (QED) is 0.798. The number of hydrogen-bond acceptors (Lipinski definition) is 4. The van der Waals surface area contributed by atoms with Crippen LogP contribution in [0.5, 0.6) is 0 Å². The van der Waals surface area contributed by atoms with Crippen LogP contribution in [0.4, 0.5) is 0 Å². The van der Waals surface area contributed by atoms with Gasteiger partial charge in [0.05, 0.1) is 0 Å². The van der Waals surface area contributed by atoms with E-state index in [1.165, 1.54) is 10.1 Å². The van der Waals surface area contributed by atoms with Crippen LogP contribution in [-0.2, 0) is 24.4 Å². The average molecular weight is 347 g/mol. The third-order valence-electron chi connectivity index (χ3n) is 4.16. The molecule has 0 unspecified atom stereocenters. The molecule has 130 valence electrons. The molecule has 0 radical (unpaired) electrons. The maximum atomic E-state index is 12.2. The molecule has 2 aromatic rings. The van der Waals surface area contributed by atoms with Crippen molar-refractivity contribution < 1.29 is 4.79 Å². The summed E-state index contributed by atoms with van der Waals surface area (Å²) in [7, 11) is 0. The van der Waals surface area contributed by atoms with Crippen molar-refractivity contribution in [2.24, 2.45) is 0 Å². The SMILES string of the molecule is CCN(CC)Cc1ccccc1CNC(=O)Cn1c(C)csc1=O. The first kappa shape index (κ1) is 18.4. The van der Waals surface area contributed by atoms with Crippen LogP contribution < -0.4 is 10.2 Å². The van der Waals surface area contributed by atoms with Gasteiger partial charge in [-0.15, -0.1) is 0 Å². The molecule has 1 N–H and O–H groups in total. The van der Waals surface area contributed by atoms with Gasteiger partial charge in [0.2, 0.25) is 5.91 Å². The molecule has 5 nitrogen and oxygen atoms in total. The number of thiazole rings is 1. The van der Waals surface area contributed by atoms with Crippen molar-refractivity contribution in [3.05, 3.63) is 56.1 Å². The molecule has 0 bridgehead atoms. The van der Waals surface area contributed by atoms with Crippen LogP contribution in [-0.4, -0.2) is 28.5 Å². The molecule has 0 aliphatic heterocycles. The Morgan fingerprint density at radius 2 is 1.88 bits per heavy atom. The monoisotopic (exact) mass is 347 g/mol. The normalized spacial score (nSPS) is 11.0. The Hall–Kier alpha value is -1.92. The predicted molar refractivity (Wildman–Crippen MR) is 98.2 cm³/mol. The number of carbonyl (C=O) groups is 1. The molecule has 0 atom stereocenters. The first-order chi connectivity index (χ1) is 11.5. The number of benzene rings is 1. The zero-order valence-corrected chi connectivity index (χ0v) is 15.4. The second-order valence-electron chi connectivity index (χ2n) is 5.74. The van der Waals surface area contributed by atoms with E-state index in [-0.39, 0.29) is 17.3 Å². The van der Waals surface area contributed by atoms with Crippen LogP contribution in [0.15, 0.2) is 34.4 Å². The zero-order chi connectivity index (χ0) is 17.5. The van der Waals surface area contributed by atoms with Crippen LogP contribution in [0.1, 0.15) is 30.7 Å². The highest BCUT2D eigenvalue weighted by molar-refractivity contribution is 7.07. The molecule has 0 aliphatic rings. The third-order valence-corrected chi connectivity index (χ3v) is 5.04. The molecule has 1 aromatic carbocycles. The van der Waals surface area contributed by atoms with E-state index in [4.69, 9.17) is 0 Å². The number of carbonyl (C=O) groups excluding carboxylic acids is 1. The largest absolute Gasteiger partial charge is 0.350 e. The molecule has 6 heteroatoms. The smallest absolute Gasteiger partial charge is 0.307 e. The van der Waals surface area contributed by atoms with Gasteiger partial charge in [-0.3, -0.25) is 19.1 Å². The Morgan fingerprint density at radius 1 is 1.21 bits per heavy atom. The fraction of sp³-hybridized carbons (Fsp3) is 0.444. The summed E-state index contributed by atoms with van der Waals surface area (Å²) < 4.78 is 1.50. The van der Waals surface area contributed by atoms with E-state index in [9.17, 15) is 9.59 Å². The van der Waals surface area contributed by atoms with Gasteiger partial charge >= 0.3 is 4.87 Å². The lowest BCUT2D eigenvalue weighted by Crippen LogP contribution is -2.31. The van der Waals surface area contributed by atoms with Crippen molar-refractivity contribution in [2.75, 3.05) is 13.1 Å². The molecule has 0 spiro atoms. The van der Waals surface area contributed by atoms with Gasteiger partial charge in [0, 0.05) is 24.2 Å². The third kappa shape index (κ3) is 4.79. The van der Waals surface area contributed by atoms with Gasteiger partial charge in [0.25, 0.3) is 0 Å². The summed E-state index contributed by atoms with van der Waals surface area (Å²) in [5, 5.41) is 4.70. The van der Waals surface area contributed by atoms with Gasteiger partial charge < -0.3 is 5.32 Å². The molecule has 24 heavy (non-hydrogen) atoms. The maximum absolute atomic E-state index is 12.2. The predicted octanol–water partition coefficient (Wildman–Crippen LogP) is 2.38. The van der Waals surface area contributed by atoms with E-state index in [0.717, 1.165) is 42.2 Å². The molecular formula is C18H25N3O2S. The molecular weight excluding hydrogens is 322 g/mol. The Bertz CT molecular complexity index is 732. The van der Waals surface area contributed by atoms with Crippen LogP contribution in [0, 0.1) is 6.92 Å². The summed E-state index contributed by atoms with van der Waals surface area (Å²) in [6.45, 7) is 9.56. The van der Waals surface area contributed by atoms with Gasteiger partial charge in [0.15, 0.2) is 0 Å². The molecule has 1 aromatic heterocycles. The Kier molecular flexibility index (Phi) is 6.75. The first-order valence-electron chi connectivity index (χ1n) is 8.25. The summed E-state index contributed by atoms with van der Waals surface area (Å²) in [6, 6.07) is 8.16. The highest BCUT2D eigenvalue weighted by Crippen LogP contribution is 2.11. The molecule has 2 rings (SSSR count).